The number of benzene rings is 1. The molecular formula is C13H18FNO2. The number of carbonyl (C=O) groups is 1. The first-order valence-electron chi connectivity index (χ1n) is 5.80. The van der Waals surface area contributed by atoms with E-state index in [9.17, 15) is 9.18 Å². The molecule has 0 aliphatic rings. The van der Waals surface area contributed by atoms with Gasteiger partial charge in [-0.2, -0.15) is 0 Å². The van der Waals surface area contributed by atoms with Crippen LogP contribution in [0, 0.1) is 5.82 Å². The van der Waals surface area contributed by atoms with Gasteiger partial charge >= 0.3 is 5.97 Å². The molecule has 0 aliphatic carbocycles. The summed E-state index contributed by atoms with van der Waals surface area (Å²) in [5.41, 5.74) is 6.56. The Balaban J connectivity index is 2.40. The Morgan fingerprint density at radius 1 is 1.41 bits per heavy atom. The molecule has 1 atom stereocenters. The molecule has 0 fully saturated rings. The molecule has 17 heavy (non-hydrogen) atoms. The number of carbonyl (C=O) groups excluding carboxylic acids is 1. The zero-order valence-electron chi connectivity index (χ0n) is 9.99. The smallest absolute Gasteiger partial charge is 0.307 e. The summed E-state index contributed by atoms with van der Waals surface area (Å²) in [4.78, 5) is 11.4. The van der Waals surface area contributed by atoms with E-state index in [2.05, 4.69) is 0 Å². The van der Waals surface area contributed by atoms with Gasteiger partial charge in [-0.1, -0.05) is 25.5 Å². The van der Waals surface area contributed by atoms with Crippen LogP contribution >= 0.6 is 0 Å². The lowest BCUT2D eigenvalue weighted by Crippen LogP contribution is -2.17. The average molecular weight is 239 g/mol. The van der Waals surface area contributed by atoms with E-state index in [1.807, 2.05) is 6.92 Å². The Bertz CT molecular complexity index is 351. The van der Waals surface area contributed by atoms with Crippen LogP contribution in [0.5, 0.6) is 0 Å². The Labute approximate surface area is 101 Å². The highest BCUT2D eigenvalue weighted by Crippen LogP contribution is 2.15. The second kappa shape index (κ2) is 7.01. The molecule has 1 unspecified atom stereocenters. The van der Waals surface area contributed by atoms with E-state index >= 15 is 0 Å². The number of hydrogen-bond acceptors (Lipinski definition) is 3. The fourth-order valence-electron chi connectivity index (χ4n) is 1.40. The van der Waals surface area contributed by atoms with Gasteiger partial charge < -0.3 is 10.5 Å². The second-order valence-corrected chi connectivity index (χ2v) is 3.94. The number of esters is 1. The Morgan fingerprint density at radius 2 is 2.06 bits per heavy atom. The van der Waals surface area contributed by atoms with Gasteiger partial charge in [-0.15, -0.1) is 0 Å². The molecular weight excluding hydrogens is 221 g/mol. The minimum Gasteiger partial charge on any atom is -0.466 e. The lowest BCUT2D eigenvalue weighted by Gasteiger charge is -2.11. The molecule has 94 valence electrons. The Kier molecular flexibility index (Phi) is 5.63. The lowest BCUT2D eigenvalue weighted by molar-refractivity contribution is -0.144. The molecule has 1 aromatic rings. The zero-order valence-corrected chi connectivity index (χ0v) is 9.99. The normalized spacial score (nSPS) is 12.2. The second-order valence-electron chi connectivity index (χ2n) is 3.94. The van der Waals surface area contributed by atoms with E-state index in [0.29, 0.717) is 6.61 Å². The van der Waals surface area contributed by atoms with Gasteiger partial charge in [0.25, 0.3) is 0 Å². The zero-order chi connectivity index (χ0) is 12.7. The Morgan fingerprint density at radius 3 is 2.65 bits per heavy atom. The third-order valence-electron chi connectivity index (χ3n) is 2.45. The topological polar surface area (TPSA) is 52.3 Å². The van der Waals surface area contributed by atoms with Gasteiger partial charge in [0, 0.05) is 6.04 Å². The van der Waals surface area contributed by atoms with Crippen LogP contribution in [-0.4, -0.2) is 12.6 Å². The first-order valence-corrected chi connectivity index (χ1v) is 5.80. The van der Waals surface area contributed by atoms with Gasteiger partial charge in [-0.05, 0) is 24.1 Å². The first kappa shape index (κ1) is 13.6. The van der Waals surface area contributed by atoms with Crippen LogP contribution in [0.2, 0.25) is 0 Å². The summed E-state index contributed by atoms with van der Waals surface area (Å²) in [6.45, 7) is 2.46. The average Bonchev–Trinajstić information content (AvgIpc) is 2.30. The SMILES string of the molecule is CCCCOC(=O)CC(N)c1ccc(F)cc1. The maximum atomic E-state index is 12.7. The molecule has 3 nitrogen and oxygen atoms in total. The van der Waals surface area contributed by atoms with Crippen LogP contribution in [0.1, 0.15) is 37.8 Å². The molecule has 2 N–H and O–H groups in total. The minimum atomic E-state index is -0.440. The highest BCUT2D eigenvalue weighted by Gasteiger charge is 2.12. The summed E-state index contributed by atoms with van der Waals surface area (Å²) >= 11 is 0. The molecule has 0 saturated heterocycles. The molecule has 0 amide bonds. The maximum absolute atomic E-state index is 12.7. The molecule has 4 heteroatoms. The van der Waals surface area contributed by atoms with Crippen LogP contribution in [0.3, 0.4) is 0 Å². The monoisotopic (exact) mass is 239 g/mol. The standard InChI is InChI=1S/C13H18FNO2/c1-2-3-8-17-13(16)9-12(15)10-4-6-11(14)7-5-10/h4-7,12H,2-3,8-9,15H2,1H3. The highest BCUT2D eigenvalue weighted by atomic mass is 19.1. The van der Waals surface area contributed by atoms with Crippen molar-refractivity contribution >= 4 is 5.97 Å². The van der Waals surface area contributed by atoms with Crippen molar-refractivity contribution in [1.82, 2.24) is 0 Å². The largest absolute Gasteiger partial charge is 0.466 e. The molecule has 0 aliphatic heterocycles. The maximum Gasteiger partial charge on any atom is 0.307 e. The molecule has 0 aromatic heterocycles. The highest BCUT2D eigenvalue weighted by molar-refractivity contribution is 5.70. The lowest BCUT2D eigenvalue weighted by atomic mass is 10.1. The number of ether oxygens (including phenoxy) is 1. The van der Waals surface area contributed by atoms with E-state index in [0.717, 1.165) is 18.4 Å². The summed E-state index contributed by atoms with van der Waals surface area (Å²) < 4.78 is 17.7. The Hall–Kier alpha value is -1.42. The van der Waals surface area contributed by atoms with Gasteiger partial charge in [0.2, 0.25) is 0 Å². The fraction of sp³-hybridized carbons (Fsp3) is 0.462. The third-order valence-corrected chi connectivity index (χ3v) is 2.45. The van der Waals surface area contributed by atoms with Gasteiger partial charge in [0.05, 0.1) is 13.0 Å². The quantitative estimate of drug-likeness (QED) is 0.613. The summed E-state index contributed by atoms with van der Waals surface area (Å²) in [6.07, 6.45) is 1.96. The summed E-state index contributed by atoms with van der Waals surface area (Å²) in [7, 11) is 0. The predicted molar refractivity (Wildman–Crippen MR) is 63.8 cm³/mol. The van der Waals surface area contributed by atoms with E-state index in [4.69, 9.17) is 10.5 Å². The number of nitrogens with two attached hydrogens (primary N) is 1. The first-order chi connectivity index (χ1) is 8.13. The molecule has 1 rings (SSSR count). The molecule has 0 bridgehead atoms. The number of hydrogen-bond donors (Lipinski definition) is 1. The van der Waals surface area contributed by atoms with Crippen molar-refractivity contribution in [3.63, 3.8) is 0 Å². The van der Waals surface area contributed by atoms with Crippen molar-refractivity contribution in [3.8, 4) is 0 Å². The molecule has 0 saturated carbocycles. The van der Waals surface area contributed by atoms with Crippen molar-refractivity contribution in [1.29, 1.82) is 0 Å². The number of unbranched alkanes of at least 4 members (excludes halogenated alkanes) is 1. The van der Waals surface area contributed by atoms with Crippen molar-refractivity contribution in [2.24, 2.45) is 5.73 Å². The predicted octanol–water partition coefficient (Wildman–Crippen LogP) is 2.56. The van der Waals surface area contributed by atoms with E-state index in [1.165, 1.54) is 12.1 Å². The number of rotatable bonds is 6. The van der Waals surface area contributed by atoms with Crippen LogP contribution in [0.4, 0.5) is 4.39 Å². The van der Waals surface area contributed by atoms with Crippen LogP contribution in [-0.2, 0) is 9.53 Å². The summed E-state index contributed by atoms with van der Waals surface area (Å²) in [5.74, 6) is -0.623. The van der Waals surface area contributed by atoms with Crippen molar-refractivity contribution < 1.29 is 13.9 Å². The summed E-state index contributed by atoms with van der Waals surface area (Å²) in [6, 6.07) is 5.39. The molecule has 1 aromatic carbocycles. The summed E-state index contributed by atoms with van der Waals surface area (Å²) in [5, 5.41) is 0. The van der Waals surface area contributed by atoms with Crippen LogP contribution in [0.25, 0.3) is 0 Å². The van der Waals surface area contributed by atoms with Crippen molar-refractivity contribution in [2.45, 2.75) is 32.2 Å². The number of halogens is 1. The van der Waals surface area contributed by atoms with E-state index in [-0.39, 0.29) is 18.2 Å². The van der Waals surface area contributed by atoms with Crippen molar-refractivity contribution in [3.05, 3.63) is 35.6 Å². The van der Waals surface area contributed by atoms with Gasteiger partial charge in [-0.3, -0.25) is 4.79 Å². The van der Waals surface area contributed by atoms with Gasteiger partial charge in [0.1, 0.15) is 5.82 Å². The van der Waals surface area contributed by atoms with Crippen LogP contribution < -0.4 is 5.73 Å². The minimum absolute atomic E-state index is 0.120. The fourth-order valence-corrected chi connectivity index (χ4v) is 1.40. The van der Waals surface area contributed by atoms with Crippen molar-refractivity contribution in [2.75, 3.05) is 6.61 Å². The van der Waals surface area contributed by atoms with Crippen LogP contribution in [0.15, 0.2) is 24.3 Å². The molecule has 0 spiro atoms. The van der Waals surface area contributed by atoms with Gasteiger partial charge in [-0.25, -0.2) is 4.39 Å². The molecule has 0 radical (unpaired) electrons. The molecule has 0 heterocycles. The van der Waals surface area contributed by atoms with Gasteiger partial charge in [0.15, 0.2) is 0 Å². The van der Waals surface area contributed by atoms with E-state index < -0.39 is 6.04 Å². The van der Waals surface area contributed by atoms with E-state index in [1.54, 1.807) is 12.1 Å². The third kappa shape index (κ3) is 4.95.